The zero-order valence-electron chi connectivity index (χ0n) is 16.4. The van der Waals surface area contributed by atoms with E-state index in [1.807, 2.05) is 6.92 Å². The van der Waals surface area contributed by atoms with Crippen molar-refractivity contribution in [1.82, 2.24) is 16.0 Å². The molecule has 0 bridgehead atoms. The molecule has 0 saturated heterocycles. The predicted molar refractivity (Wildman–Crippen MR) is 104 cm³/mol. The van der Waals surface area contributed by atoms with Crippen molar-refractivity contribution in [2.24, 2.45) is 10.9 Å². The van der Waals surface area contributed by atoms with Crippen LogP contribution in [0.5, 0.6) is 0 Å². The molecule has 1 aliphatic rings. The minimum absolute atomic E-state index is 0.205. The van der Waals surface area contributed by atoms with Crippen LogP contribution in [0.4, 0.5) is 0 Å². The van der Waals surface area contributed by atoms with Gasteiger partial charge in [-0.1, -0.05) is 33.1 Å². The number of aliphatic imine (C=N–C) groups is 1. The zero-order chi connectivity index (χ0) is 18.5. The summed E-state index contributed by atoms with van der Waals surface area (Å²) in [7, 11) is 0. The Morgan fingerprint density at radius 3 is 2.24 bits per heavy atom. The summed E-state index contributed by atoms with van der Waals surface area (Å²) in [5.74, 6) is 1.19. The number of hydrogen-bond donors (Lipinski definition) is 4. The molecule has 146 valence electrons. The molecule has 25 heavy (non-hydrogen) atoms. The van der Waals surface area contributed by atoms with Crippen molar-refractivity contribution in [2.75, 3.05) is 26.2 Å². The van der Waals surface area contributed by atoms with Gasteiger partial charge in [0, 0.05) is 25.6 Å². The third-order valence-corrected chi connectivity index (χ3v) is 4.73. The molecule has 1 fully saturated rings. The smallest absolute Gasteiger partial charge is 0.223 e. The van der Waals surface area contributed by atoms with Gasteiger partial charge in [-0.3, -0.25) is 9.79 Å². The minimum Gasteiger partial charge on any atom is -0.388 e. The molecule has 1 amide bonds. The van der Waals surface area contributed by atoms with Gasteiger partial charge in [0.15, 0.2) is 5.96 Å². The maximum absolute atomic E-state index is 11.8. The maximum atomic E-state index is 11.8. The Labute approximate surface area is 153 Å². The van der Waals surface area contributed by atoms with Gasteiger partial charge in [0.05, 0.1) is 12.1 Å². The number of guanidine groups is 1. The minimum atomic E-state index is -0.706. The van der Waals surface area contributed by atoms with E-state index in [4.69, 9.17) is 0 Å². The number of carbonyl (C=O) groups excluding carboxylic acids is 1. The van der Waals surface area contributed by atoms with Crippen molar-refractivity contribution in [2.45, 2.75) is 77.7 Å². The van der Waals surface area contributed by atoms with Crippen LogP contribution < -0.4 is 16.0 Å². The topological polar surface area (TPSA) is 85.8 Å². The first-order chi connectivity index (χ1) is 12.0. The first-order valence-corrected chi connectivity index (χ1v) is 10.1. The average Bonchev–Trinajstić information content (AvgIpc) is 2.51. The summed E-state index contributed by atoms with van der Waals surface area (Å²) in [5, 5.41) is 20.2. The summed E-state index contributed by atoms with van der Waals surface area (Å²) in [6.45, 7) is 8.85. The quantitative estimate of drug-likeness (QED) is 0.246. The lowest BCUT2D eigenvalue weighted by Crippen LogP contribution is -2.41. The normalized spacial score (nSPS) is 15.6. The van der Waals surface area contributed by atoms with Gasteiger partial charge in [0.1, 0.15) is 0 Å². The molecule has 4 N–H and O–H groups in total. The molecule has 0 aromatic heterocycles. The first kappa shape index (κ1) is 21.7. The molecule has 6 heteroatoms. The molecule has 0 aromatic rings. The molecule has 0 radical (unpaired) electrons. The molecule has 1 aliphatic carbocycles. The van der Waals surface area contributed by atoms with E-state index in [0.717, 1.165) is 64.0 Å². The van der Waals surface area contributed by atoms with Crippen LogP contribution in [-0.4, -0.2) is 48.8 Å². The summed E-state index contributed by atoms with van der Waals surface area (Å²) < 4.78 is 0. The molecular weight excluding hydrogens is 316 g/mol. The number of hydrogen-bond acceptors (Lipinski definition) is 3. The highest BCUT2D eigenvalue weighted by atomic mass is 16.3. The van der Waals surface area contributed by atoms with E-state index in [2.05, 4.69) is 34.8 Å². The largest absolute Gasteiger partial charge is 0.388 e. The van der Waals surface area contributed by atoms with Crippen molar-refractivity contribution in [3.05, 3.63) is 0 Å². The number of rotatable bonds is 12. The number of amides is 1. The van der Waals surface area contributed by atoms with Crippen molar-refractivity contribution in [3.63, 3.8) is 0 Å². The Balaban J connectivity index is 2.32. The van der Waals surface area contributed by atoms with Crippen molar-refractivity contribution in [1.29, 1.82) is 0 Å². The van der Waals surface area contributed by atoms with E-state index in [-0.39, 0.29) is 11.8 Å². The molecular formula is C19H38N4O2. The number of nitrogens with zero attached hydrogens (tertiary/aromatic N) is 1. The third kappa shape index (κ3) is 8.56. The highest BCUT2D eigenvalue weighted by Gasteiger charge is 2.25. The SMILES string of the molecule is CCCC(O)(CCC)CN=C(NCC)NCCCNC(=O)C1CCC1. The Hall–Kier alpha value is -1.30. The lowest BCUT2D eigenvalue weighted by atomic mass is 9.85. The molecule has 1 saturated carbocycles. The molecule has 1 rings (SSSR count). The van der Waals surface area contributed by atoms with Gasteiger partial charge in [-0.15, -0.1) is 0 Å². The van der Waals surface area contributed by atoms with E-state index >= 15 is 0 Å². The van der Waals surface area contributed by atoms with Crippen LogP contribution in [0.1, 0.15) is 72.1 Å². The molecule has 6 nitrogen and oxygen atoms in total. The van der Waals surface area contributed by atoms with Crippen LogP contribution in [-0.2, 0) is 4.79 Å². The van der Waals surface area contributed by atoms with Gasteiger partial charge in [-0.2, -0.15) is 0 Å². The molecule has 0 heterocycles. The van der Waals surface area contributed by atoms with E-state index in [1.165, 1.54) is 6.42 Å². The Morgan fingerprint density at radius 2 is 1.72 bits per heavy atom. The number of carbonyl (C=O) groups is 1. The average molecular weight is 355 g/mol. The molecule has 0 spiro atoms. The van der Waals surface area contributed by atoms with Crippen molar-refractivity contribution in [3.8, 4) is 0 Å². The van der Waals surface area contributed by atoms with Gasteiger partial charge < -0.3 is 21.1 Å². The van der Waals surface area contributed by atoms with Gasteiger partial charge in [0.25, 0.3) is 0 Å². The van der Waals surface area contributed by atoms with Crippen LogP contribution in [0.15, 0.2) is 4.99 Å². The number of nitrogens with one attached hydrogen (secondary N) is 3. The van der Waals surface area contributed by atoms with E-state index < -0.39 is 5.60 Å². The molecule has 0 atom stereocenters. The lowest BCUT2D eigenvalue weighted by molar-refractivity contribution is -0.127. The summed E-state index contributed by atoms with van der Waals surface area (Å²) in [6.07, 6.45) is 7.59. The molecule has 0 unspecified atom stereocenters. The second-order valence-electron chi connectivity index (χ2n) is 7.12. The van der Waals surface area contributed by atoms with Gasteiger partial charge in [-0.05, 0) is 39.0 Å². The number of aliphatic hydroxyl groups is 1. The Bertz CT molecular complexity index is 402. The summed E-state index contributed by atoms with van der Waals surface area (Å²) in [5.41, 5.74) is -0.706. The van der Waals surface area contributed by atoms with Crippen molar-refractivity contribution >= 4 is 11.9 Å². The lowest BCUT2D eigenvalue weighted by Gasteiger charge is -2.26. The van der Waals surface area contributed by atoms with Gasteiger partial charge >= 0.3 is 0 Å². The fraction of sp³-hybridized carbons (Fsp3) is 0.895. The van der Waals surface area contributed by atoms with Gasteiger partial charge in [-0.25, -0.2) is 0 Å². The van der Waals surface area contributed by atoms with E-state index in [0.29, 0.717) is 13.1 Å². The first-order valence-electron chi connectivity index (χ1n) is 10.1. The second-order valence-corrected chi connectivity index (χ2v) is 7.12. The highest BCUT2D eigenvalue weighted by molar-refractivity contribution is 5.80. The summed E-state index contributed by atoms with van der Waals surface area (Å²) in [6, 6.07) is 0. The van der Waals surface area contributed by atoms with E-state index in [9.17, 15) is 9.90 Å². The highest BCUT2D eigenvalue weighted by Crippen LogP contribution is 2.26. The molecule has 0 aromatic carbocycles. The Morgan fingerprint density at radius 1 is 1.08 bits per heavy atom. The molecule has 0 aliphatic heterocycles. The predicted octanol–water partition coefficient (Wildman–Crippen LogP) is 2.18. The second kappa shape index (κ2) is 12.1. The van der Waals surface area contributed by atoms with Crippen LogP contribution in [0.2, 0.25) is 0 Å². The maximum Gasteiger partial charge on any atom is 0.223 e. The van der Waals surface area contributed by atoms with Crippen LogP contribution in [0, 0.1) is 5.92 Å². The van der Waals surface area contributed by atoms with Crippen LogP contribution >= 0.6 is 0 Å². The van der Waals surface area contributed by atoms with Crippen molar-refractivity contribution < 1.29 is 9.90 Å². The third-order valence-electron chi connectivity index (χ3n) is 4.73. The fourth-order valence-corrected chi connectivity index (χ4v) is 3.10. The van der Waals surface area contributed by atoms with Crippen LogP contribution in [0.25, 0.3) is 0 Å². The monoisotopic (exact) mass is 354 g/mol. The summed E-state index contributed by atoms with van der Waals surface area (Å²) >= 11 is 0. The standard InChI is InChI=1S/C19H38N4O2/c1-4-11-19(25,12-5-2)15-23-18(20-6-3)22-14-8-13-21-17(24)16-9-7-10-16/h16,25H,4-15H2,1-3H3,(H,21,24)(H2,20,22,23). The van der Waals surface area contributed by atoms with E-state index in [1.54, 1.807) is 0 Å². The Kier molecular flexibility index (Phi) is 10.5. The van der Waals surface area contributed by atoms with Crippen LogP contribution in [0.3, 0.4) is 0 Å². The fourth-order valence-electron chi connectivity index (χ4n) is 3.10. The van der Waals surface area contributed by atoms with Gasteiger partial charge in [0.2, 0.25) is 5.91 Å². The zero-order valence-corrected chi connectivity index (χ0v) is 16.4. The summed E-state index contributed by atoms with van der Waals surface area (Å²) in [4.78, 5) is 16.3.